The molecule has 0 spiro atoms. The minimum atomic E-state index is -3.23. The van der Waals surface area contributed by atoms with Crippen molar-refractivity contribution in [3.63, 3.8) is 0 Å². The van der Waals surface area contributed by atoms with Crippen LogP contribution >= 0.6 is 0 Å². The first kappa shape index (κ1) is 20.1. The van der Waals surface area contributed by atoms with Gasteiger partial charge in [0.25, 0.3) is 5.91 Å². The monoisotopic (exact) mass is 425 g/mol. The summed E-state index contributed by atoms with van der Waals surface area (Å²) in [6.07, 6.45) is 3.85. The lowest BCUT2D eigenvalue weighted by molar-refractivity contribution is 0.102. The molecule has 2 aromatic heterocycles. The number of hydrogen-bond acceptors (Lipinski definition) is 5. The summed E-state index contributed by atoms with van der Waals surface area (Å²) in [4.78, 5) is 17.3. The molecule has 1 N–H and O–H groups in total. The number of amides is 1. The van der Waals surface area contributed by atoms with Gasteiger partial charge in [0, 0.05) is 18.4 Å². The van der Waals surface area contributed by atoms with Gasteiger partial charge in [-0.1, -0.05) is 19.9 Å². The zero-order valence-electron chi connectivity index (χ0n) is 16.8. The fourth-order valence-electron chi connectivity index (χ4n) is 3.59. The van der Waals surface area contributed by atoms with E-state index in [9.17, 15) is 13.2 Å². The number of nitrogens with one attached hydrogen (secondary N) is 1. The quantitative estimate of drug-likeness (QED) is 0.677. The minimum absolute atomic E-state index is 0.0537. The third-order valence-electron chi connectivity index (χ3n) is 4.98. The highest BCUT2D eigenvalue weighted by molar-refractivity contribution is 7.93. The van der Waals surface area contributed by atoms with Gasteiger partial charge < -0.3 is 5.32 Å². The van der Waals surface area contributed by atoms with Crippen molar-refractivity contribution in [1.29, 1.82) is 0 Å². The van der Waals surface area contributed by atoms with Gasteiger partial charge >= 0.3 is 0 Å². The Bertz CT molecular complexity index is 1160. The Balaban J connectivity index is 1.57. The van der Waals surface area contributed by atoms with Crippen LogP contribution in [0.5, 0.6) is 0 Å². The van der Waals surface area contributed by atoms with Crippen LogP contribution in [0.3, 0.4) is 0 Å². The zero-order chi connectivity index (χ0) is 21.3. The number of rotatable bonds is 5. The molecule has 0 bridgehead atoms. The molecule has 3 heterocycles. The summed E-state index contributed by atoms with van der Waals surface area (Å²) in [7, 11) is -3.23. The Morgan fingerprint density at radius 1 is 1.13 bits per heavy atom. The van der Waals surface area contributed by atoms with Gasteiger partial charge in [-0.2, -0.15) is 5.10 Å². The molecule has 4 rings (SSSR count). The lowest BCUT2D eigenvalue weighted by Gasteiger charge is -2.17. The first-order chi connectivity index (χ1) is 14.4. The van der Waals surface area contributed by atoms with Gasteiger partial charge in [-0.05, 0) is 48.7 Å². The van der Waals surface area contributed by atoms with Gasteiger partial charge in [0.05, 0.1) is 28.9 Å². The number of anilines is 2. The topological polar surface area (TPSA) is 97.2 Å². The van der Waals surface area contributed by atoms with Gasteiger partial charge in [-0.15, -0.1) is 0 Å². The minimum Gasteiger partial charge on any atom is -0.322 e. The van der Waals surface area contributed by atoms with Crippen LogP contribution in [0.4, 0.5) is 11.4 Å². The Morgan fingerprint density at radius 3 is 2.50 bits per heavy atom. The maximum absolute atomic E-state index is 12.9. The normalized spacial score (nSPS) is 15.5. The first-order valence-corrected chi connectivity index (χ1v) is 11.4. The molecular formula is C21H23N5O3S. The molecule has 8 nitrogen and oxygen atoms in total. The van der Waals surface area contributed by atoms with Gasteiger partial charge in [0.1, 0.15) is 0 Å². The number of sulfonamides is 1. The Hall–Kier alpha value is -3.20. The van der Waals surface area contributed by atoms with Crippen molar-refractivity contribution in [3.05, 3.63) is 66.1 Å². The molecule has 1 aliphatic heterocycles. The predicted molar refractivity (Wildman–Crippen MR) is 116 cm³/mol. The molecule has 9 heteroatoms. The van der Waals surface area contributed by atoms with Crippen molar-refractivity contribution in [2.75, 3.05) is 21.9 Å². The molecule has 0 unspecified atom stereocenters. The second-order valence-corrected chi connectivity index (χ2v) is 9.45. The van der Waals surface area contributed by atoms with Crippen LogP contribution in [0.15, 0.2) is 54.9 Å². The van der Waals surface area contributed by atoms with Crippen LogP contribution < -0.4 is 9.62 Å². The van der Waals surface area contributed by atoms with E-state index in [0.717, 1.165) is 5.69 Å². The standard InChI is InChI=1S/C21H23N5O3S/c1-15(2)20-18(14-23-26(20)19-6-3-4-11-22-19)21(27)24-16-7-9-17(10-8-16)25-12-5-13-30(25,28)29/h3-4,6-11,14-15H,5,12-13H2,1-2H3,(H,24,27). The van der Waals surface area contributed by atoms with E-state index in [1.807, 2.05) is 32.0 Å². The number of hydrogen-bond donors (Lipinski definition) is 1. The highest BCUT2D eigenvalue weighted by Crippen LogP contribution is 2.26. The largest absolute Gasteiger partial charge is 0.322 e. The van der Waals surface area contributed by atoms with E-state index in [0.29, 0.717) is 35.7 Å². The molecule has 1 amide bonds. The van der Waals surface area contributed by atoms with Crippen LogP contribution in [0, 0.1) is 0 Å². The molecule has 0 aliphatic carbocycles. The maximum atomic E-state index is 12.9. The molecule has 1 aromatic carbocycles. The van der Waals surface area contributed by atoms with E-state index < -0.39 is 10.0 Å². The molecule has 3 aromatic rings. The zero-order valence-corrected chi connectivity index (χ0v) is 17.6. The van der Waals surface area contributed by atoms with Gasteiger partial charge in [0.15, 0.2) is 5.82 Å². The average Bonchev–Trinajstić information content (AvgIpc) is 3.32. The molecule has 1 saturated heterocycles. The lowest BCUT2D eigenvalue weighted by Crippen LogP contribution is -2.25. The fourth-order valence-corrected chi connectivity index (χ4v) is 5.15. The van der Waals surface area contributed by atoms with Crippen molar-refractivity contribution < 1.29 is 13.2 Å². The van der Waals surface area contributed by atoms with Gasteiger partial charge in [-0.3, -0.25) is 9.10 Å². The van der Waals surface area contributed by atoms with Crippen molar-refractivity contribution >= 4 is 27.3 Å². The van der Waals surface area contributed by atoms with E-state index in [4.69, 9.17) is 0 Å². The van der Waals surface area contributed by atoms with E-state index >= 15 is 0 Å². The summed E-state index contributed by atoms with van der Waals surface area (Å²) in [5.41, 5.74) is 2.44. The van der Waals surface area contributed by atoms with Gasteiger partial charge in [0.2, 0.25) is 10.0 Å². The Morgan fingerprint density at radius 2 is 1.90 bits per heavy atom. The molecule has 156 valence electrons. The SMILES string of the molecule is CC(C)c1c(C(=O)Nc2ccc(N3CCCS3(=O)=O)cc2)cnn1-c1ccccn1. The molecule has 1 aliphatic rings. The van der Waals surface area contributed by atoms with E-state index in [1.165, 1.54) is 4.31 Å². The number of benzene rings is 1. The summed E-state index contributed by atoms with van der Waals surface area (Å²) < 4.78 is 27.2. The van der Waals surface area contributed by atoms with E-state index in [2.05, 4.69) is 15.4 Å². The van der Waals surface area contributed by atoms with Crippen LogP contribution in [0.25, 0.3) is 5.82 Å². The van der Waals surface area contributed by atoms with Crippen LogP contribution in [0.1, 0.15) is 42.2 Å². The van der Waals surface area contributed by atoms with Crippen LogP contribution in [-0.4, -0.2) is 41.4 Å². The summed E-state index contributed by atoms with van der Waals surface area (Å²) in [5, 5.41) is 7.25. The highest BCUT2D eigenvalue weighted by Gasteiger charge is 2.28. The summed E-state index contributed by atoms with van der Waals surface area (Å²) in [5.74, 6) is 0.598. The van der Waals surface area contributed by atoms with Crippen molar-refractivity contribution in [2.45, 2.75) is 26.2 Å². The van der Waals surface area contributed by atoms with Crippen molar-refractivity contribution in [2.24, 2.45) is 0 Å². The predicted octanol–water partition coefficient (Wildman–Crippen LogP) is 3.18. The summed E-state index contributed by atoms with van der Waals surface area (Å²) in [6.45, 7) is 4.48. The second-order valence-electron chi connectivity index (χ2n) is 7.44. The van der Waals surface area contributed by atoms with Crippen molar-refractivity contribution in [3.8, 4) is 5.82 Å². The molecule has 30 heavy (non-hydrogen) atoms. The molecule has 1 fully saturated rings. The second kappa shape index (κ2) is 7.91. The average molecular weight is 426 g/mol. The van der Waals surface area contributed by atoms with E-state index in [1.54, 1.807) is 41.3 Å². The summed E-state index contributed by atoms with van der Waals surface area (Å²) >= 11 is 0. The highest BCUT2D eigenvalue weighted by atomic mass is 32.2. The molecule has 0 atom stereocenters. The third kappa shape index (κ3) is 3.80. The fraction of sp³-hybridized carbons (Fsp3) is 0.286. The molecular weight excluding hydrogens is 402 g/mol. The smallest absolute Gasteiger partial charge is 0.259 e. The lowest BCUT2D eigenvalue weighted by atomic mass is 10.1. The molecule has 0 saturated carbocycles. The number of carbonyl (C=O) groups is 1. The third-order valence-corrected chi connectivity index (χ3v) is 6.85. The van der Waals surface area contributed by atoms with Crippen molar-refractivity contribution in [1.82, 2.24) is 14.8 Å². The van der Waals surface area contributed by atoms with Crippen LogP contribution in [-0.2, 0) is 10.0 Å². The first-order valence-electron chi connectivity index (χ1n) is 9.78. The Labute approximate surface area is 175 Å². The Kier molecular flexibility index (Phi) is 5.29. The molecule has 0 radical (unpaired) electrons. The number of pyridine rings is 1. The number of aromatic nitrogens is 3. The number of carbonyl (C=O) groups excluding carboxylic acids is 1. The van der Waals surface area contributed by atoms with E-state index in [-0.39, 0.29) is 17.6 Å². The van der Waals surface area contributed by atoms with Crippen LogP contribution in [0.2, 0.25) is 0 Å². The van der Waals surface area contributed by atoms with Gasteiger partial charge in [-0.25, -0.2) is 18.1 Å². The number of nitrogens with zero attached hydrogens (tertiary/aromatic N) is 4. The summed E-state index contributed by atoms with van der Waals surface area (Å²) in [6, 6.07) is 12.4. The maximum Gasteiger partial charge on any atom is 0.259 e.